The molecule has 0 amide bonds. The number of aromatic amines is 1. The summed E-state index contributed by atoms with van der Waals surface area (Å²) in [6.07, 6.45) is 0. The average Bonchev–Trinajstić information content (AvgIpc) is 2.52. The summed E-state index contributed by atoms with van der Waals surface area (Å²) in [5, 5.41) is 2.88. The molecule has 2 rings (SSSR count). The molecule has 0 saturated heterocycles. The SMILES string of the molecule is [2H]C([2H])([2H])C([2H])(n1c(=O)cc(N[C@@H](C)c2ccccc2)[nH]c1=O)C([2H])([2H])[2H]. The molecular weight excluding hydrogens is 254 g/mol. The molecule has 0 aliphatic rings. The lowest BCUT2D eigenvalue weighted by molar-refractivity contribution is 0.546. The summed E-state index contributed by atoms with van der Waals surface area (Å²) in [5.41, 5.74) is -1.64. The largest absolute Gasteiger partial charge is 0.365 e. The zero-order valence-electron chi connectivity index (χ0n) is 17.8. The average molecular weight is 280 g/mol. The third-order valence-electron chi connectivity index (χ3n) is 2.83. The highest BCUT2D eigenvalue weighted by atomic mass is 16.2. The van der Waals surface area contributed by atoms with Crippen molar-refractivity contribution in [2.45, 2.75) is 32.7 Å². The highest BCUT2D eigenvalue weighted by Gasteiger charge is 2.10. The fourth-order valence-electron chi connectivity index (χ4n) is 1.84. The van der Waals surface area contributed by atoms with Gasteiger partial charge in [0.15, 0.2) is 0 Å². The van der Waals surface area contributed by atoms with E-state index >= 15 is 0 Å². The Labute approximate surface area is 127 Å². The molecule has 5 heteroatoms. The summed E-state index contributed by atoms with van der Waals surface area (Å²) in [6, 6.07) is 6.25. The standard InChI is InChI=1S/C15H19N3O2/c1-10(2)18-14(19)9-13(17-15(18)20)16-11(3)12-7-5-4-6-8-12/h4-11,16H,1-3H3,(H,17,20)/t11-/m0/s1/i1D3,2D3,10D. The van der Waals surface area contributed by atoms with Crippen LogP contribution in [0.3, 0.4) is 0 Å². The van der Waals surface area contributed by atoms with Crippen molar-refractivity contribution in [3.8, 4) is 0 Å². The van der Waals surface area contributed by atoms with Gasteiger partial charge in [0.05, 0.1) is 1.37 Å². The monoisotopic (exact) mass is 280 g/mol. The molecule has 0 saturated carbocycles. The molecule has 1 atom stereocenters. The zero-order valence-corrected chi connectivity index (χ0v) is 10.8. The van der Waals surface area contributed by atoms with Crippen LogP contribution in [-0.2, 0) is 0 Å². The summed E-state index contributed by atoms with van der Waals surface area (Å²) in [7, 11) is 0. The van der Waals surface area contributed by atoms with E-state index in [1.807, 2.05) is 30.3 Å². The Hall–Kier alpha value is -2.30. The van der Waals surface area contributed by atoms with Crippen molar-refractivity contribution < 1.29 is 9.60 Å². The summed E-state index contributed by atoms with van der Waals surface area (Å²) in [6.45, 7) is -5.11. The maximum Gasteiger partial charge on any atom is 0.330 e. The summed E-state index contributed by atoms with van der Waals surface area (Å²) in [5.74, 6) is -0.0176. The molecule has 0 spiro atoms. The molecule has 1 aromatic heterocycles. The van der Waals surface area contributed by atoms with Gasteiger partial charge in [0, 0.05) is 26.4 Å². The number of rotatable bonds is 4. The van der Waals surface area contributed by atoms with Crippen molar-refractivity contribution in [2.75, 3.05) is 5.32 Å². The fraction of sp³-hybridized carbons (Fsp3) is 0.333. The van der Waals surface area contributed by atoms with Crippen LogP contribution in [0.1, 0.15) is 47.8 Å². The van der Waals surface area contributed by atoms with Crippen LogP contribution < -0.4 is 16.6 Å². The third kappa shape index (κ3) is 2.99. The molecule has 106 valence electrons. The predicted molar refractivity (Wildman–Crippen MR) is 80.2 cm³/mol. The Kier molecular flexibility index (Phi) is 2.16. The molecule has 0 radical (unpaired) electrons. The van der Waals surface area contributed by atoms with Crippen LogP contribution in [0.4, 0.5) is 5.82 Å². The van der Waals surface area contributed by atoms with Gasteiger partial charge in [-0.05, 0) is 26.2 Å². The van der Waals surface area contributed by atoms with E-state index in [1.165, 1.54) is 0 Å². The zero-order chi connectivity index (χ0) is 20.6. The van der Waals surface area contributed by atoms with Gasteiger partial charge >= 0.3 is 5.69 Å². The van der Waals surface area contributed by atoms with E-state index < -0.39 is 31.0 Å². The lowest BCUT2D eigenvalue weighted by Gasteiger charge is -2.16. The van der Waals surface area contributed by atoms with Crippen molar-refractivity contribution in [1.82, 2.24) is 9.55 Å². The second-order valence-corrected chi connectivity index (χ2v) is 4.29. The molecule has 0 unspecified atom stereocenters. The molecule has 5 nitrogen and oxygen atoms in total. The molecule has 1 heterocycles. The van der Waals surface area contributed by atoms with Gasteiger partial charge in [0.2, 0.25) is 0 Å². The van der Waals surface area contributed by atoms with Gasteiger partial charge in [0.25, 0.3) is 5.56 Å². The quantitative estimate of drug-likeness (QED) is 0.903. The minimum Gasteiger partial charge on any atom is -0.365 e. The number of H-pyrrole nitrogens is 1. The lowest BCUT2D eigenvalue weighted by atomic mass is 10.1. The molecule has 0 aliphatic heterocycles. The minimum atomic E-state index is -3.44. The second-order valence-electron chi connectivity index (χ2n) is 4.29. The molecule has 1 aromatic carbocycles. The van der Waals surface area contributed by atoms with E-state index in [-0.39, 0.29) is 16.4 Å². The topological polar surface area (TPSA) is 66.9 Å². The van der Waals surface area contributed by atoms with E-state index in [1.54, 1.807) is 6.92 Å². The summed E-state index contributed by atoms with van der Waals surface area (Å²) in [4.78, 5) is 27.0. The Morgan fingerprint density at radius 3 is 2.60 bits per heavy atom. The van der Waals surface area contributed by atoms with Gasteiger partial charge in [0.1, 0.15) is 5.82 Å². The molecule has 2 aromatic rings. The van der Waals surface area contributed by atoms with Gasteiger partial charge in [-0.3, -0.25) is 14.3 Å². The van der Waals surface area contributed by atoms with Crippen molar-refractivity contribution in [2.24, 2.45) is 0 Å². The van der Waals surface area contributed by atoms with Gasteiger partial charge in [-0.2, -0.15) is 0 Å². The second kappa shape index (κ2) is 5.77. The number of hydrogen-bond acceptors (Lipinski definition) is 3. The van der Waals surface area contributed by atoms with Crippen LogP contribution in [0.15, 0.2) is 46.0 Å². The van der Waals surface area contributed by atoms with Crippen LogP contribution in [0, 0.1) is 0 Å². The lowest BCUT2D eigenvalue weighted by Crippen LogP contribution is -2.36. The van der Waals surface area contributed by atoms with E-state index in [2.05, 4.69) is 10.3 Å². The van der Waals surface area contributed by atoms with E-state index in [0.717, 1.165) is 11.6 Å². The first kappa shape index (κ1) is 7.47. The fourth-order valence-corrected chi connectivity index (χ4v) is 1.84. The van der Waals surface area contributed by atoms with Gasteiger partial charge < -0.3 is 5.32 Å². The maximum absolute atomic E-state index is 12.4. The van der Waals surface area contributed by atoms with E-state index in [4.69, 9.17) is 9.60 Å². The first-order chi connectivity index (χ1) is 12.3. The minimum absolute atomic E-state index is 0.0176. The predicted octanol–water partition coefficient (Wildman–Crippen LogP) is 2.29. The van der Waals surface area contributed by atoms with Crippen molar-refractivity contribution in [3.05, 3.63) is 62.8 Å². The Balaban J connectivity index is 2.52. The highest BCUT2D eigenvalue weighted by Crippen LogP contribution is 2.15. The van der Waals surface area contributed by atoms with Crippen LogP contribution in [0.2, 0.25) is 0 Å². The van der Waals surface area contributed by atoms with E-state index in [0.29, 0.717) is 0 Å². The summed E-state index contributed by atoms with van der Waals surface area (Å²) < 4.78 is 52.4. The number of nitrogens with one attached hydrogen (secondary N) is 2. The first-order valence-electron chi connectivity index (χ1n) is 9.47. The number of aromatic nitrogens is 2. The highest BCUT2D eigenvalue weighted by molar-refractivity contribution is 5.36. The number of hydrogen-bond donors (Lipinski definition) is 2. The van der Waals surface area contributed by atoms with Crippen LogP contribution in [0.5, 0.6) is 0 Å². The van der Waals surface area contributed by atoms with Gasteiger partial charge in [-0.25, -0.2) is 4.79 Å². The number of benzene rings is 1. The van der Waals surface area contributed by atoms with Crippen LogP contribution in [0.25, 0.3) is 0 Å². The van der Waals surface area contributed by atoms with Gasteiger partial charge in [-0.15, -0.1) is 0 Å². The smallest absolute Gasteiger partial charge is 0.330 e. The first-order valence-corrected chi connectivity index (χ1v) is 5.97. The van der Waals surface area contributed by atoms with E-state index in [9.17, 15) is 9.59 Å². The summed E-state index contributed by atoms with van der Waals surface area (Å²) >= 11 is 0. The maximum atomic E-state index is 12.4. The third-order valence-corrected chi connectivity index (χ3v) is 2.83. The van der Waals surface area contributed by atoms with Gasteiger partial charge in [-0.1, -0.05) is 30.3 Å². The molecule has 20 heavy (non-hydrogen) atoms. The van der Waals surface area contributed by atoms with Crippen molar-refractivity contribution in [3.63, 3.8) is 0 Å². The molecule has 2 N–H and O–H groups in total. The molecule has 0 fully saturated rings. The Bertz CT molecular complexity index is 871. The van der Waals surface area contributed by atoms with Crippen LogP contribution in [-0.4, -0.2) is 9.55 Å². The normalized spacial score (nSPS) is 19.4. The van der Waals surface area contributed by atoms with Crippen molar-refractivity contribution >= 4 is 5.82 Å². The Morgan fingerprint density at radius 1 is 1.30 bits per heavy atom. The Morgan fingerprint density at radius 2 is 2.00 bits per heavy atom. The van der Waals surface area contributed by atoms with Crippen LogP contribution >= 0.6 is 0 Å². The van der Waals surface area contributed by atoms with Crippen molar-refractivity contribution in [1.29, 1.82) is 0 Å². The molecular formula is C15H19N3O2. The number of nitrogens with zero attached hydrogens (tertiary/aromatic N) is 1. The molecule has 0 aliphatic carbocycles. The molecule has 0 bridgehead atoms. The number of anilines is 1.